The minimum Gasteiger partial charge on any atom is -0.497 e. The summed E-state index contributed by atoms with van der Waals surface area (Å²) in [5.41, 5.74) is 3.03. The summed E-state index contributed by atoms with van der Waals surface area (Å²) in [7, 11) is 1.58. The highest BCUT2D eigenvalue weighted by molar-refractivity contribution is 6.20. The number of fused-ring (bicyclic) bond motifs is 1. The van der Waals surface area contributed by atoms with Crippen LogP contribution in [0.2, 0.25) is 0 Å². The number of nitriles is 1. The van der Waals surface area contributed by atoms with Crippen molar-refractivity contribution in [2.75, 3.05) is 7.11 Å². The third-order valence-electron chi connectivity index (χ3n) is 3.89. The monoisotopic (exact) mass is 316 g/mol. The molecule has 0 saturated heterocycles. The van der Waals surface area contributed by atoms with Gasteiger partial charge in [0.05, 0.1) is 12.7 Å². The molecular formula is C20H16N2O2. The van der Waals surface area contributed by atoms with Gasteiger partial charge in [0.15, 0.2) is 0 Å². The largest absolute Gasteiger partial charge is 0.497 e. The molecular weight excluding hydrogens is 300 g/mol. The number of allylic oxidation sites excluding steroid dienone is 1. The van der Waals surface area contributed by atoms with Gasteiger partial charge >= 0.3 is 0 Å². The molecule has 0 radical (unpaired) electrons. The van der Waals surface area contributed by atoms with E-state index in [1.807, 2.05) is 55.5 Å². The topological polar surface area (TPSA) is 65.9 Å². The van der Waals surface area contributed by atoms with Gasteiger partial charge < -0.3 is 9.72 Å². The SMILES string of the molecule is COc1cccc(C=C(C#N)C(=O)c2c(C)[nH]c3ccccc23)c1. The van der Waals surface area contributed by atoms with Gasteiger partial charge in [-0.25, -0.2) is 0 Å². The predicted molar refractivity (Wildman–Crippen MR) is 94.0 cm³/mol. The van der Waals surface area contributed by atoms with Gasteiger partial charge in [-0.05, 0) is 36.8 Å². The van der Waals surface area contributed by atoms with Crippen LogP contribution in [-0.2, 0) is 0 Å². The number of Topliss-reactive ketones (excluding diaryl/α,β-unsaturated/α-hetero) is 1. The molecule has 4 heteroatoms. The molecule has 0 amide bonds. The highest BCUT2D eigenvalue weighted by atomic mass is 16.5. The number of benzene rings is 2. The number of H-pyrrole nitrogens is 1. The number of ether oxygens (including phenoxy) is 1. The van der Waals surface area contributed by atoms with Gasteiger partial charge in [-0.2, -0.15) is 5.26 Å². The van der Waals surface area contributed by atoms with Crippen LogP contribution >= 0.6 is 0 Å². The van der Waals surface area contributed by atoms with Gasteiger partial charge in [-0.15, -0.1) is 0 Å². The van der Waals surface area contributed by atoms with Gasteiger partial charge in [-0.3, -0.25) is 4.79 Å². The fourth-order valence-corrected chi connectivity index (χ4v) is 2.75. The van der Waals surface area contributed by atoms with Crippen LogP contribution in [0.4, 0.5) is 0 Å². The molecule has 4 nitrogen and oxygen atoms in total. The molecule has 1 aromatic heterocycles. The van der Waals surface area contributed by atoms with E-state index < -0.39 is 0 Å². The molecule has 0 aliphatic rings. The number of rotatable bonds is 4. The molecule has 1 heterocycles. The Labute approximate surface area is 140 Å². The Morgan fingerprint density at radius 1 is 1.21 bits per heavy atom. The zero-order valence-electron chi connectivity index (χ0n) is 13.5. The molecule has 0 saturated carbocycles. The van der Waals surface area contributed by atoms with Crippen molar-refractivity contribution in [1.29, 1.82) is 5.26 Å². The van der Waals surface area contributed by atoms with Crippen LogP contribution < -0.4 is 4.74 Å². The van der Waals surface area contributed by atoms with E-state index in [9.17, 15) is 10.1 Å². The molecule has 24 heavy (non-hydrogen) atoms. The van der Waals surface area contributed by atoms with Crippen LogP contribution in [0, 0.1) is 18.3 Å². The summed E-state index contributed by atoms with van der Waals surface area (Å²) >= 11 is 0. The van der Waals surface area contributed by atoms with E-state index in [0.717, 1.165) is 22.2 Å². The molecule has 0 unspecified atom stereocenters. The molecule has 0 spiro atoms. The van der Waals surface area contributed by atoms with Gasteiger partial charge in [0, 0.05) is 16.6 Å². The van der Waals surface area contributed by atoms with Crippen molar-refractivity contribution in [2.45, 2.75) is 6.92 Å². The minimum absolute atomic E-state index is 0.0936. The number of hydrogen-bond donors (Lipinski definition) is 1. The lowest BCUT2D eigenvalue weighted by Crippen LogP contribution is -2.03. The van der Waals surface area contributed by atoms with Gasteiger partial charge in [0.25, 0.3) is 0 Å². The maximum absolute atomic E-state index is 12.9. The number of nitrogens with one attached hydrogen (secondary N) is 1. The standard InChI is InChI=1S/C20H16N2O2/c1-13-19(17-8-3-4-9-18(17)22-13)20(23)15(12-21)10-14-6-5-7-16(11-14)24-2/h3-11,22H,1-2H3. The van der Waals surface area contributed by atoms with Crippen molar-refractivity contribution in [3.63, 3.8) is 0 Å². The fourth-order valence-electron chi connectivity index (χ4n) is 2.75. The van der Waals surface area contributed by atoms with E-state index in [0.29, 0.717) is 11.3 Å². The van der Waals surface area contributed by atoms with Crippen LogP contribution in [0.5, 0.6) is 5.75 Å². The first-order valence-electron chi connectivity index (χ1n) is 7.52. The summed E-state index contributed by atoms with van der Waals surface area (Å²) in [6.07, 6.45) is 1.59. The molecule has 0 bridgehead atoms. The first kappa shape index (κ1) is 15.6. The summed E-state index contributed by atoms with van der Waals surface area (Å²) in [5.74, 6) is 0.395. The molecule has 0 fully saturated rings. The van der Waals surface area contributed by atoms with E-state index in [2.05, 4.69) is 4.98 Å². The smallest absolute Gasteiger partial charge is 0.205 e. The Kier molecular flexibility index (Phi) is 4.17. The van der Waals surface area contributed by atoms with Crippen molar-refractivity contribution < 1.29 is 9.53 Å². The lowest BCUT2D eigenvalue weighted by Gasteiger charge is -2.03. The fraction of sp³-hybridized carbons (Fsp3) is 0.100. The second-order valence-corrected chi connectivity index (χ2v) is 5.45. The Hall–Kier alpha value is -3.32. The first-order valence-corrected chi connectivity index (χ1v) is 7.52. The van der Waals surface area contributed by atoms with Crippen molar-refractivity contribution >= 4 is 22.8 Å². The van der Waals surface area contributed by atoms with Gasteiger partial charge in [0.2, 0.25) is 5.78 Å². The van der Waals surface area contributed by atoms with E-state index in [1.54, 1.807) is 19.3 Å². The normalized spacial score (nSPS) is 11.3. The van der Waals surface area contributed by atoms with E-state index in [4.69, 9.17) is 4.74 Å². The van der Waals surface area contributed by atoms with Crippen molar-refractivity contribution in [3.8, 4) is 11.8 Å². The maximum Gasteiger partial charge on any atom is 0.205 e. The number of hydrogen-bond acceptors (Lipinski definition) is 3. The molecule has 3 rings (SSSR count). The van der Waals surface area contributed by atoms with Crippen molar-refractivity contribution in [2.24, 2.45) is 0 Å². The third kappa shape index (κ3) is 2.80. The second kappa shape index (κ2) is 6.43. The van der Waals surface area contributed by atoms with Crippen molar-refractivity contribution in [3.05, 3.63) is 70.9 Å². The molecule has 3 aromatic rings. The number of nitrogens with zero attached hydrogens (tertiary/aromatic N) is 1. The summed E-state index contributed by atoms with van der Waals surface area (Å²) in [5, 5.41) is 10.3. The Bertz CT molecular complexity index is 990. The summed E-state index contributed by atoms with van der Waals surface area (Å²) < 4.78 is 5.18. The number of methoxy groups -OCH3 is 1. The Balaban J connectivity index is 2.07. The van der Waals surface area contributed by atoms with Gasteiger partial charge in [0.1, 0.15) is 17.4 Å². The van der Waals surface area contributed by atoms with Crippen molar-refractivity contribution in [1.82, 2.24) is 4.98 Å². The number of ketones is 1. The third-order valence-corrected chi connectivity index (χ3v) is 3.89. The second-order valence-electron chi connectivity index (χ2n) is 5.45. The molecule has 0 atom stereocenters. The average Bonchev–Trinajstić information content (AvgIpc) is 2.95. The predicted octanol–water partition coefficient (Wildman–Crippen LogP) is 4.27. The maximum atomic E-state index is 12.9. The molecule has 0 aliphatic carbocycles. The summed E-state index contributed by atoms with van der Waals surface area (Å²) in [4.78, 5) is 16.1. The summed E-state index contributed by atoms with van der Waals surface area (Å²) in [6.45, 7) is 1.84. The number of carbonyl (C=O) groups excluding carboxylic acids is 1. The van der Waals surface area contributed by atoms with Crippen LogP contribution in [0.1, 0.15) is 21.6 Å². The minimum atomic E-state index is -0.282. The number of aromatic amines is 1. The summed E-state index contributed by atoms with van der Waals surface area (Å²) in [6, 6.07) is 16.9. The van der Waals surface area contributed by atoms with Crippen LogP contribution in [0.3, 0.4) is 0 Å². The first-order chi connectivity index (χ1) is 11.6. The highest BCUT2D eigenvalue weighted by Crippen LogP contribution is 2.25. The van der Waals surface area contributed by atoms with E-state index in [-0.39, 0.29) is 11.4 Å². The van der Waals surface area contributed by atoms with Gasteiger partial charge in [-0.1, -0.05) is 30.3 Å². The number of para-hydroxylation sites is 1. The molecule has 2 aromatic carbocycles. The number of aromatic nitrogens is 1. The molecule has 118 valence electrons. The highest BCUT2D eigenvalue weighted by Gasteiger charge is 2.19. The molecule has 0 aliphatic heterocycles. The molecule has 1 N–H and O–H groups in total. The average molecular weight is 316 g/mol. The van der Waals surface area contributed by atoms with Crippen LogP contribution in [0.15, 0.2) is 54.1 Å². The van der Waals surface area contributed by atoms with Crippen LogP contribution in [0.25, 0.3) is 17.0 Å². The lowest BCUT2D eigenvalue weighted by atomic mass is 9.99. The van der Waals surface area contributed by atoms with E-state index in [1.165, 1.54) is 0 Å². The number of carbonyl (C=O) groups is 1. The Morgan fingerprint density at radius 2 is 2.00 bits per heavy atom. The number of aryl methyl sites for hydroxylation is 1. The zero-order valence-corrected chi connectivity index (χ0v) is 13.5. The Morgan fingerprint density at radius 3 is 2.75 bits per heavy atom. The quantitative estimate of drug-likeness (QED) is 0.444. The zero-order chi connectivity index (χ0) is 17.1. The van der Waals surface area contributed by atoms with E-state index >= 15 is 0 Å². The lowest BCUT2D eigenvalue weighted by molar-refractivity contribution is 0.104. The van der Waals surface area contributed by atoms with Crippen LogP contribution in [-0.4, -0.2) is 17.9 Å².